The van der Waals surface area contributed by atoms with Gasteiger partial charge in [-0.25, -0.2) is 4.99 Å². The van der Waals surface area contributed by atoms with Crippen LogP contribution in [0.1, 0.15) is 34.4 Å². The molecule has 3 aromatic rings. The molecule has 0 N–H and O–H groups in total. The van der Waals surface area contributed by atoms with E-state index in [0.29, 0.717) is 20.6 Å². The minimum atomic E-state index is -0.753. The minimum Gasteiger partial charge on any atom is -0.493 e. The molecule has 1 aliphatic rings. The smallest absolute Gasteiger partial charge is 0.318 e. The summed E-state index contributed by atoms with van der Waals surface area (Å²) in [6.45, 7) is 0. The number of nitro benzene ring substituents is 2. The molecule has 0 fully saturated rings. The van der Waals surface area contributed by atoms with E-state index in [1.54, 1.807) is 18.3 Å². The van der Waals surface area contributed by atoms with Gasteiger partial charge in [0.15, 0.2) is 11.5 Å². The standard InChI is InChI=1S/C23H17BrN4O6S/c1-33-20-9-13(12-26-23-16(11-25)15-4-2-3-5-21(15)35-23)8-17(24)22(20)34-19-7-6-14(27(29)30)10-18(19)28(31)32/h6-10,12H,2-5H2,1H3. The molecule has 0 unspecified atom stereocenters. The van der Waals surface area contributed by atoms with Gasteiger partial charge in [0.05, 0.1) is 33.1 Å². The van der Waals surface area contributed by atoms with Crippen molar-refractivity contribution in [3.8, 4) is 23.3 Å². The number of fused-ring (bicyclic) bond motifs is 1. The Hall–Kier alpha value is -3.82. The van der Waals surface area contributed by atoms with Crippen molar-refractivity contribution in [3.05, 3.63) is 76.6 Å². The molecule has 0 aliphatic heterocycles. The number of nitrogens with zero attached hydrogens (tertiary/aromatic N) is 4. The summed E-state index contributed by atoms with van der Waals surface area (Å²) in [4.78, 5) is 26.7. The Bertz CT molecular complexity index is 1410. The second-order valence-electron chi connectivity index (χ2n) is 7.56. The molecule has 1 aromatic heterocycles. The van der Waals surface area contributed by atoms with Crippen LogP contribution in [0.3, 0.4) is 0 Å². The maximum absolute atomic E-state index is 11.4. The van der Waals surface area contributed by atoms with E-state index in [2.05, 4.69) is 27.0 Å². The van der Waals surface area contributed by atoms with Crippen LogP contribution in [-0.4, -0.2) is 23.2 Å². The monoisotopic (exact) mass is 556 g/mol. The van der Waals surface area contributed by atoms with Crippen LogP contribution in [0.2, 0.25) is 0 Å². The van der Waals surface area contributed by atoms with Gasteiger partial charge in [-0.1, -0.05) is 0 Å². The van der Waals surface area contributed by atoms with Gasteiger partial charge in [0.25, 0.3) is 5.69 Å². The van der Waals surface area contributed by atoms with Crippen LogP contribution in [0.4, 0.5) is 16.4 Å². The number of ether oxygens (including phenoxy) is 2. The summed E-state index contributed by atoms with van der Waals surface area (Å²) in [7, 11) is 1.42. The van der Waals surface area contributed by atoms with Gasteiger partial charge >= 0.3 is 5.69 Å². The van der Waals surface area contributed by atoms with Crippen molar-refractivity contribution in [1.82, 2.24) is 0 Å². The Morgan fingerprint density at radius 3 is 2.60 bits per heavy atom. The van der Waals surface area contributed by atoms with E-state index < -0.39 is 21.2 Å². The average Bonchev–Trinajstić information content (AvgIpc) is 3.21. The normalized spacial score (nSPS) is 12.7. The highest BCUT2D eigenvalue weighted by Crippen LogP contribution is 2.43. The number of non-ortho nitro benzene ring substituents is 1. The first kappa shape index (κ1) is 24.3. The Labute approximate surface area is 211 Å². The number of halogens is 1. The van der Waals surface area contributed by atoms with Crippen molar-refractivity contribution in [1.29, 1.82) is 5.26 Å². The fraction of sp³-hybridized carbons (Fsp3) is 0.217. The molecule has 0 amide bonds. The van der Waals surface area contributed by atoms with Gasteiger partial charge in [-0.3, -0.25) is 20.2 Å². The first-order chi connectivity index (χ1) is 16.8. The fourth-order valence-corrected chi connectivity index (χ4v) is 5.49. The molecule has 10 nitrogen and oxygen atoms in total. The maximum atomic E-state index is 11.4. The SMILES string of the molecule is COc1cc(C=Nc2sc3c(c2C#N)CCCC3)cc(Br)c1Oc1ccc([N+](=O)[O-])cc1[N+](=O)[O-]. The van der Waals surface area contributed by atoms with E-state index >= 15 is 0 Å². The second kappa shape index (κ2) is 10.2. The van der Waals surface area contributed by atoms with Crippen LogP contribution in [0.15, 0.2) is 39.8 Å². The highest BCUT2D eigenvalue weighted by Gasteiger charge is 2.24. The number of nitro groups is 2. The zero-order chi connectivity index (χ0) is 25.1. The number of nitriles is 1. The third-order valence-corrected chi connectivity index (χ3v) is 7.20. The molecule has 4 rings (SSSR count). The lowest BCUT2D eigenvalue weighted by Crippen LogP contribution is -1.99. The van der Waals surface area contributed by atoms with E-state index in [9.17, 15) is 25.5 Å². The molecule has 0 bridgehead atoms. The number of aliphatic imine (C=N–C) groups is 1. The Kier molecular flexibility index (Phi) is 7.09. The summed E-state index contributed by atoms with van der Waals surface area (Å²) in [5.74, 6) is 0.245. The summed E-state index contributed by atoms with van der Waals surface area (Å²) in [6, 6.07) is 8.74. The molecular formula is C23H17BrN4O6S. The lowest BCUT2D eigenvalue weighted by atomic mass is 9.96. The molecule has 1 heterocycles. The number of benzene rings is 2. The Balaban J connectivity index is 1.66. The van der Waals surface area contributed by atoms with E-state index in [1.807, 2.05) is 0 Å². The molecule has 178 valence electrons. The highest BCUT2D eigenvalue weighted by atomic mass is 79.9. The van der Waals surface area contributed by atoms with E-state index in [-0.39, 0.29) is 17.2 Å². The Morgan fingerprint density at radius 2 is 1.91 bits per heavy atom. The molecule has 0 atom stereocenters. The lowest BCUT2D eigenvalue weighted by molar-refractivity contribution is -0.394. The van der Waals surface area contributed by atoms with Crippen molar-refractivity contribution >= 4 is 49.9 Å². The van der Waals surface area contributed by atoms with Gasteiger partial charge in [0, 0.05) is 17.2 Å². The van der Waals surface area contributed by atoms with Crippen LogP contribution in [0.25, 0.3) is 0 Å². The number of methoxy groups -OCH3 is 1. The van der Waals surface area contributed by atoms with Crippen LogP contribution >= 0.6 is 27.3 Å². The quantitative estimate of drug-likeness (QED) is 0.180. The average molecular weight is 557 g/mol. The van der Waals surface area contributed by atoms with Crippen LogP contribution in [-0.2, 0) is 12.8 Å². The summed E-state index contributed by atoms with van der Waals surface area (Å²) in [5.41, 5.74) is 1.40. The van der Waals surface area contributed by atoms with Crippen molar-refractivity contribution in [2.75, 3.05) is 7.11 Å². The molecule has 1 aliphatic carbocycles. The molecule has 2 aromatic carbocycles. The molecule has 12 heteroatoms. The summed E-state index contributed by atoms with van der Waals surface area (Å²) in [5, 5.41) is 32.7. The molecule has 0 saturated carbocycles. The van der Waals surface area contributed by atoms with Gasteiger partial charge in [-0.2, -0.15) is 5.26 Å². The van der Waals surface area contributed by atoms with Crippen LogP contribution in [0, 0.1) is 31.6 Å². The topological polar surface area (TPSA) is 141 Å². The van der Waals surface area contributed by atoms with Crippen molar-refractivity contribution in [2.24, 2.45) is 4.99 Å². The zero-order valence-electron chi connectivity index (χ0n) is 18.3. The molecule has 0 saturated heterocycles. The molecule has 0 radical (unpaired) electrons. The van der Waals surface area contributed by atoms with Crippen LogP contribution in [0.5, 0.6) is 17.2 Å². The van der Waals surface area contributed by atoms with Crippen LogP contribution < -0.4 is 9.47 Å². The molecule has 35 heavy (non-hydrogen) atoms. The highest BCUT2D eigenvalue weighted by molar-refractivity contribution is 9.10. The first-order valence-corrected chi connectivity index (χ1v) is 12.0. The lowest BCUT2D eigenvalue weighted by Gasteiger charge is -2.13. The van der Waals surface area contributed by atoms with Gasteiger partial charge in [-0.05, 0) is 70.9 Å². The number of hydrogen-bond donors (Lipinski definition) is 0. The number of thiophene rings is 1. The second-order valence-corrected chi connectivity index (χ2v) is 9.50. The molecular weight excluding hydrogens is 540 g/mol. The summed E-state index contributed by atoms with van der Waals surface area (Å²) in [6.07, 6.45) is 5.65. The van der Waals surface area contributed by atoms with E-state index in [0.717, 1.165) is 43.4 Å². The molecule has 0 spiro atoms. The van der Waals surface area contributed by atoms with E-state index in [1.165, 1.54) is 29.4 Å². The Morgan fingerprint density at radius 1 is 1.14 bits per heavy atom. The summed E-state index contributed by atoms with van der Waals surface area (Å²) >= 11 is 4.93. The maximum Gasteiger partial charge on any atom is 0.318 e. The first-order valence-electron chi connectivity index (χ1n) is 10.4. The van der Waals surface area contributed by atoms with E-state index in [4.69, 9.17) is 9.47 Å². The third kappa shape index (κ3) is 5.01. The number of rotatable bonds is 7. The van der Waals surface area contributed by atoms with Crippen molar-refractivity contribution < 1.29 is 19.3 Å². The van der Waals surface area contributed by atoms with Gasteiger partial charge < -0.3 is 9.47 Å². The van der Waals surface area contributed by atoms with Gasteiger partial charge in [-0.15, -0.1) is 11.3 Å². The fourth-order valence-electron chi connectivity index (χ4n) is 3.76. The minimum absolute atomic E-state index is 0.158. The van der Waals surface area contributed by atoms with Gasteiger partial charge in [0.2, 0.25) is 5.75 Å². The number of hydrogen-bond acceptors (Lipinski definition) is 9. The third-order valence-electron chi connectivity index (χ3n) is 5.41. The largest absolute Gasteiger partial charge is 0.493 e. The summed E-state index contributed by atoms with van der Waals surface area (Å²) < 4.78 is 11.6. The zero-order valence-corrected chi connectivity index (χ0v) is 20.7. The van der Waals surface area contributed by atoms with Crippen molar-refractivity contribution in [2.45, 2.75) is 25.7 Å². The predicted octanol–water partition coefficient (Wildman–Crippen LogP) is 6.63. The predicted molar refractivity (Wildman–Crippen MR) is 133 cm³/mol. The number of aryl methyl sites for hydroxylation is 1. The van der Waals surface area contributed by atoms with Crippen molar-refractivity contribution in [3.63, 3.8) is 0 Å². The van der Waals surface area contributed by atoms with Gasteiger partial charge in [0.1, 0.15) is 11.1 Å².